The third-order valence-electron chi connectivity index (χ3n) is 7.88. The highest BCUT2D eigenvalue weighted by atomic mass is 16.2. The smallest absolute Gasteiger partial charge is 0.329 e. The van der Waals surface area contributed by atoms with Gasteiger partial charge in [0.15, 0.2) is 0 Å². The Labute approximate surface area is 221 Å². The van der Waals surface area contributed by atoms with E-state index in [0.29, 0.717) is 11.1 Å². The number of aromatic amines is 1. The number of H-pyrrole nitrogens is 1. The summed E-state index contributed by atoms with van der Waals surface area (Å²) in [5.41, 5.74) is 7.09. The monoisotopic (exact) mass is 513 g/mol. The lowest BCUT2D eigenvalue weighted by Gasteiger charge is -2.29. The summed E-state index contributed by atoms with van der Waals surface area (Å²) >= 11 is 0. The van der Waals surface area contributed by atoms with Crippen LogP contribution >= 0.6 is 0 Å². The van der Waals surface area contributed by atoms with E-state index in [4.69, 9.17) is 0 Å². The predicted octanol–water partition coefficient (Wildman–Crippen LogP) is 3.82. The fourth-order valence-electron chi connectivity index (χ4n) is 5.56. The van der Waals surface area contributed by atoms with Crippen LogP contribution in [-0.4, -0.2) is 45.1 Å². The van der Waals surface area contributed by atoms with Crippen LogP contribution in [-0.2, 0) is 13.6 Å². The number of piperidine rings is 1. The van der Waals surface area contributed by atoms with E-state index in [1.807, 2.05) is 74.9 Å². The fraction of sp³-hybridized carbons (Fsp3) is 0.367. The predicted molar refractivity (Wildman–Crippen MR) is 151 cm³/mol. The molecule has 1 amide bonds. The molecule has 5 rings (SSSR count). The largest absolute Gasteiger partial charge is 0.348 e. The van der Waals surface area contributed by atoms with Crippen molar-refractivity contribution in [3.63, 3.8) is 0 Å². The van der Waals surface area contributed by atoms with E-state index in [0.717, 1.165) is 64.9 Å². The van der Waals surface area contributed by atoms with Crippen LogP contribution in [0.5, 0.6) is 0 Å². The highest BCUT2D eigenvalue weighted by Crippen LogP contribution is 2.29. The van der Waals surface area contributed by atoms with Crippen LogP contribution in [0, 0.1) is 20.8 Å². The summed E-state index contributed by atoms with van der Waals surface area (Å²) in [5, 5.41) is 2.91. The average molecular weight is 514 g/mol. The van der Waals surface area contributed by atoms with Crippen LogP contribution in [0.15, 0.2) is 52.1 Å². The number of likely N-dealkylation sites (tertiary alicyclic amines) is 1. The number of nitrogens with one attached hydrogen (secondary N) is 2. The van der Waals surface area contributed by atoms with Gasteiger partial charge in [0, 0.05) is 36.5 Å². The van der Waals surface area contributed by atoms with Crippen molar-refractivity contribution < 1.29 is 4.79 Å². The summed E-state index contributed by atoms with van der Waals surface area (Å²) in [6.45, 7) is 7.73. The summed E-state index contributed by atoms with van der Waals surface area (Å²) in [5.74, 6) is -0.231. The summed E-state index contributed by atoms with van der Waals surface area (Å²) < 4.78 is 3.68. The molecule has 0 spiro atoms. The Morgan fingerprint density at radius 2 is 1.61 bits per heavy atom. The van der Waals surface area contributed by atoms with Crippen LogP contribution in [0.25, 0.3) is 22.2 Å². The summed E-state index contributed by atoms with van der Waals surface area (Å²) in [4.78, 5) is 43.8. The molecular weight excluding hydrogens is 478 g/mol. The van der Waals surface area contributed by atoms with Gasteiger partial charge < -0.3 is 15.2 Å². The highest BCUT2D eigenvalue weighted by Gasteiger charge is 2.23. The zero-order chi connectivity index (χ0) is 27.1. The Balaban J connectivity index is 1.44. The highest BCUT2D eigenvalue weighted by molar-refractivity contribution is 5.97. The fourth-order valence-corrected chi connectivity index (χ4v) is 5.56. The van der Waals surface area contributed by atoms with Crippen LogP contribution in [0.3, 0.4) is 0 Å². The molecule has 0 unspecified atom stereocenters. The average Bonchev–Trinajstić information content (AvgIpc) is 3.13. The van der Waals surface area contributed by atoms with Crippen molar-refractivity contribution in [2.75, 3.05) is 20.1 Å². The van der Waals surface area contributed by atoms with Crippen LogP contribution in [0.4, 0.5) is 0 Å². The molecule has 2 aromatic carbocycles. The summed E-state index contributed by atoms with van der Waals surface area (Å²) in [6.07, 6.45) is 1.92. The van der Waals surface area contributed by atoms with Crippen molar-refractivity contribution in [3.05, 3.63) is 91.3 Å². The van der Waals surface area contributed by atoms with Gasteiger partial charge in [-0.25, -0.2) is 4.79 Å². The Morgan fingerprint density at radius 1 is 0.921 bits per heavy atom. The number of hydrogen-bond acceptors (Lipinski definition) is 4. The molecule has 198 valence electrons. The SMILES string of the molecule is Cc1cc(C)c(CNC(=O)c2cc(-c3ccc4c(c3)n(C)c(=O)n4C3CCN(C)CC3)ccc2C)c(=O)[nH]1. The molecule has 0 aliphatic carbocycles. The molecule has 38 heavy (non-hydrogen) atoms. The van der Waals surface area contributed by atoms with E-state index in [-0.39, 0.29) is 29.7 Å². The Hall–Kier alpha value is -3.91. The maximum Gasteiger partial charge on any atom is 0.329 e. The maximum atomic E-state index is 13.2. The number of imidazole rings is 1. The number of benzene rings is 2. The van der Waals surface area contributed by atoms with Gasteiger partial charge in [-0.3, -0.25) is 18.7 Å². The topological polar surface area (TPSA) is 92.1 Å². The first-order valence-electron chi connectivity index (χ1n) is 13.1. The standard InChI is InChI=1S/C30H35N5O3/c1-18-6-7-21(15-24(18)28(36)31-17-25-19(2)14-20(3)32-29(25)37)22-8-9-26-27(16-22)34(5)30(38)35(26)23-10-12-33(4)13-11-23/h6-9,14-16,23H,10-13,17H2,1-5H3,(H,31,36)(H,32,37). The van der Waals surface area contributed by atoms with Gasteiger partial charge in [-0.2, -0.15) is 0 Å². The van der Waals surface area contributed by atoms with Gasteiger partial charge in [-0.05, 0) is 100 Å². The number of rotatable bonds is 5. The second-order valence-electron chi connectivity index (χ2n) is 10.6. The summed E-state index contributed by atoms with van der Waals surface area (Å²) in [6, 6.07) is 14.0. The third-order valence-corrected chi connectivity index (χ3v) is 7.88. The molecule has 0 bridgehead atoms. The number of carbonyl (C=O) groups is 1. The molecule has 3 heterocycles. The van der Waals surface area contributed by atoms with Gasteiger partial charge in [-0.1, -0.05) is 18.2 Å². The Kier molecular flexibility index (Phi) is 6.84. The van der Waals surface area contributed by atoms with E-state index in [1.54, 1.807) is 4.57 Å². The minimum Gasteiger partial charge on any atom is -0.348 e. The number of aryl methyl sites for hydroxylation is 4. The van der Waals surface area contributed by atoms with Gasteiger partial charge >= 0.3 is 5.69 Å². The summed E-state index contributed by atoms with van der Waals surface area (Å²) in [7, 11) is 3.94. The lowest BCUT2D eigenvalue weighted by atomic mass is 9.98. The van der Waals surface area contributed by atoms with Crippen LogP contribution in [0.2, 0.25) is 0 Å². The van der Waals surface area contributed by atoms with Crippen LogP contribution in [0.1, 0.15) is 51.6 Å². The van der Waals surface area contributed by atoms with Gasteiger partial charge in [0.2, 0.25) is 0 Å². The first-order chi connectivity index (χ1) is 18.1. The third kappa shape index (κ3) is 4.72. The first-order valence-corrected chi connectivity index (χ1v) is 13.1. The Morgan fingerprint density at radius 3 is 2.32 bits per heavy atom. The lowest BCUT2D eigenvalue weighted by Crippen LogP contribution is -2.35. The van der Waals surface area contributed by atoms with Gasteiger partial charge in [-0.15, -0.1) is 0 Å². The lowest BCUT2D eigenvalue weighted by molar-refractivity contribution is 0.0950. The minimum absolute atomic E-state index is 0.0112. The van der Waals surface area contributed by atoms with E-state index in [2.05, 4.69) is 22.2 Å². The minimum atomic E-state index is -0.231. The van der Waals surface area contributed by atoms with E-state index >= 15 is 0 Å². The molecule has 1 saturated heterocycles. The van der Waals surface area contributed by atoms with Crippen molar-refractivity contribution in [2.45, 2.75) is 46.2 Å². The number of nitrogens with zero attached hydrogens (tertiary/aromatic N) is 3. The number of fused-ring (bicyclic) bond motifs is 1. The molecule has 0 radical (unpaired) electrons. The first kappa shape index (κ1) is 25.7. The van der Waals surface area contributed by atoms with E-state index in [1.165, 1.54) is 0 Å². The molecule has 2 aromatic heterocycles. The molecule has 4 aromatic rings. The normalized spacial score (nSPS) is 14.8. The zero-order valence-electron chi connectivity index (χ0n) is 22.7. The molecule has 1 aliphatic heterocycles. The second kappa shape index (κ2) is 10.1. The van der Waals surface area contributed by atoms with Crippen molar-refractivity contribution in [3.8, 4) is 11.1 Å². The molecule has 1 aliphatic rings. The van der Waals surface area contributed by atoms with Crippen LogP contribution < -0.4 is 16.6 Å². The van der Waals surface area contributed by atoms with E-state index < -0.39 is 0 Å². The molecule has 8 heteroatoms. The zero-order valence-corrected chi connectivity index (χ0v) is 22.7. The van der Waals surface area contributed by atoms with E-state index in [9.17, 15) is 14.4 Å². The van der Waals surface area contributed by atoms with Crippen molar-refractivity contribution in [1.29, 1.82) is 0 Å². The number of pyridine rings is 1. The molecular formula is C30H35N5O3. The second-order valence-corrected chi connectivity index (χ2v) is 10.6. The quantitative estimate of drug-likeness (QED) is 0.425. The number of amides is 1. The van der Waals surface area contributed by atoms with Crippen molar-refractivity contribution in [1.82, 2.24) is 24.3 Å². The number of carbonyl (C=O) groups excluding carboxylic acids is 1. The molecule has 2 N–H and O–H groups in total. The number of aromatic nitrogens is 3. The molecule has 1 fully saturated rings. The Bertz CT molecular complexity index is 1650. The number of hydrogen-bond donors (Lipinski definition) is 2. The molecule has 0 atom stereocenters. The molecule has 0 saturated carbocycles. The van der Waals surface area contributed by atoms with Crippen molar-refractivity contribution >= 4 is 16.9 Å². The maximum absolute atomic E-state index is 13.2. The molecule has 8 nitrogen and oxygen atoms in total. The van der Waals surface area contributed by atoms with Gasteiger partial charge in [0.25, 0.3) is 11.5 Å². The van der Waals surface area contributed by atoms with Crippen molar-refractivity contribution in [2.24, 2.45) is 7.05 Å². The van der Waals surface area contributed by atoms with Gasteiger partial charge in [0.05, 0.1) is 11.0 Å². The van der Waals surface area contributed by atoms with Gasteiger partial charge in [0.1, 0.15) is 0 Å².